The van der Waals surface area contributed by atoms with Gasteiger partial charge in [-0.2, -0.15) is 0 Å². The van der Waals surface area contributed by atoms with Gasteiger partial charge in [0, 0.05) is 26.2 Å². The quantitative estimate of drug-likeness (QED) is 0.821. The molecule has 1 atom stereocenters. The Morgan fingerprint density at radius 1 is 1.04 bits per heavy atom. The summed E-state index contributed by atoms with van der Waals surface area (Å²) in [6.45, 7) is 4.76. The minimum atomic E-state index is -0.145. The number of hydrogen-bond acceptors (Lipinski definition) is 4. The van der Waals surface area contributed by atoms with E-state index in [9.17, 15) is 4.79 Å². The number of hydrogen-bond donors (Lipinski definition) is 1. The number of halogens is 1. The van der Waals surface area contributed by atoms with Gasteiger partial charge in [-0.05, 0) is 36.8 Å². The third-order valence-electron chi connectivity index (χ3n) is 5.01. The number of ether oxygens (including phenoxy) is 2. The molecule has 1 unspecified atom stereocenters. The van der Waals surface area contributed by atoms with Crippen molar-refractivity contribution in [1.82, 2.24) is 10.2 Å². The van der Waals surface area contributed by atoms with E-state index in [-0.39, 0.29) is 12.1 Å². The van der Waals surface area contributed by atoms with E-state index in [2.05, 4.69) is 10.2 Å². The van der Waals surface area contributed by atoms with Crippen LogP contribution in [0.3, 0.4) is 0 Å². The molecule has 1 saturated heterocycles. The second kappa shape index (κ2) is 9.06. The standard InChI is InChI=1S/C21H26ClN3O3/c1-15(16-8-9-19(27-2)20(14-16)28-3)23-21(26)25-12-10-24(11-13-25)18-7-5-4-6-17(18)22/h4-9,14-15H,10-13H2,1-3H3,(H,23,26). The summed E-state index contributed by atoms with van der Waals surface area (Å²) >= 11 is 6.29. The summed E-state index contributed by atoms with van der Waals surface area (Å²) in [5, 5.41) is 3.81. The van der Waals surface area contributed by atoms with Crippen molar-refractivity contribution < 1.29 is 14.3 Å². The summed E-state index contributed by atoms with van der Waals surface area (Å²) in [4.78, 5) is 16.7. The lowest BCUT2D eigenvalue weighted by Gasteiger charge is -2.37. The fourth-order valence-corrected chi connectivity index (χ4v) is 3.60. The van der Waals surface area contributed by atoms with E-state index < -0.39 is 0 Å². The average Bonchev–Trinajstić information content (AvgIpc) is 2.73. The van der Waals surface area contributed by atoms with Gasteiger partial charge in [-0.1, -0.05) is 29.8 Å². The lowest BCUT2D eigenvalue weighted by atomic mass is 10.1. The van der Waals surface area contributed by atoms with Gasteiger partial charge in [-0.25, -0.2) is 4.79 Å². The number of nitrogens with one attached hydrogen (secondary N) is 1. The fourth-order valence-electron chi connectivity index (χ4n) is 3.34. The van der Waals surface area contributed by atoms with Crippen LogP contribution in [-0.4, -0.2) is 51.3 Å². The summed E-state index contributed by atoms with van der Waals surface area (Å²) in [6.07, 6.45) is 0. The van der Waals surface area contributed by atoms with Gasteiger partial charge in [0.15, 0.2) is 11.5 Å². The first-order valence-electron chi connectivity index (χ1n) is 9.30. The number of piperazine rings is 1. The molecule has 0 aliphatic carbocycles. The van der Waals surface area contributed by atoms with Crippen LogP contribution in [0.5, 0.6) is 11.5 Å². The maximum absolute atomic E-state index is 12.7. The number of carbonyl (C=O) groups is 1. The lowest BCUT2D eigenvalue weighted by molar-refractivity contribution is 0.191. The Balaban J connectivity index is 1.58. The molecule has 1 heterocycles. The Morgan fingerprint density at radius 3 is 2.36 bits per heavy atom. The molecule has 7 heteroatoms. The predicted molar refractivity (Wildman–Crippen MR) is 112 cm³/mol. The number of rotatable bonds is 5. The maximum atomic E-state index is 12.7. The average molecular weight is 404 g/mol. The number of carbonyl (C=O) groups excluding carboxylic acids is 1. The van der Waals surface area contributed by atoms with Crippen LogP contribution in [0.2, 0.25) is 5.02 Å². The van der Waals surface area contributed by atoms with Crippen LogP contribution < -0.4 is 19.7 Å². The molecule has 0 spiro atoms. The second-order valence-corrected chi connectivity index (χ2v) is 7.12. The first-order valence-corrected chi connectivity index (χ1v) is 9.68. The number of anilines is 1. The van der Waals surface area contributed by atoms with Crippen molar-refractivity contribution in [2.75, 3.05) is 45.3 Å². The van der Waals surface area contributed by atoms with E-state index in [1.54, 1.807) is 14.2 Å². The molecule has 1 N–H and O–H groups in total. The normalized spacial score (nSPS) is 15.1. The van der Waals surface area contributed by atoms with E-state index >= 15 is 0 Å². The van der Waals surface area contributed by atoms with Crippen molar-refractivity contribution in [2.45, 2.75) is 13.0 Å². The smallest absolute Gasteiger partial charge is 0.317 e. The van der Waals surface area contributed by atoms with E-state index in [4.69, 9.17) is 21.1 Å². The highest BCUT2D eigenvalue weighted by molar-refractivity contribution is 6.33. The summed E-state index contributed by atoms with van der Waals surface area (Å²) in [7, 11) is 3.20. The predicted octanol–water partition coefficient (Wildman–Crippen LogP) is 3.95. The van der Waals surface area contributed by atoms with Gasteiger partial charge in [-0.15, -0.1) is 0 Å². The SMILES string of the molecule is COc1ccc(C(C)NC(=O)N2CCN(c3ccccc3Cl)CC2)cc1OC. The summed E-state index contributed by atoms with van der Waals surface area (Å²) in [6, 6.07) is 13.3. The summed E-state index contributed by atoms with van der Waals surface area (Å²) in [5.74, 6) is 1.31. The van der Waals surface area contributed by atoms with Crippen LogP contribution in [0, 0.1) is 0 Å². The molecule has 28 heavy (non-hydrogen) atoms. The largest absolute Gasteiger partial charge is 0.493 e. The van der Waals surface area contributed by atoms with Crippen LogP contribution in [0.15, 0.2) is 42.5 Å². The maximum Gasteiger partial charge on any atom is 0.317 e. The molecule has 0 saturated carbocycles. The van der Waals surface area contributed by atoms with Crippen LogP contribution in [0.1, 0.15) is 18.5 Å². The molecule has 6 nitrogen and oxygen atoms in total. The van der Waals surface area contributed by atoms with Gasteiger partial charge in [0.05, 0.1) is 31.0 Å². The molecular weight excluding hydrogens is 378 g/mol. The number of nitrogens with zero attached hydrogens (tertiary/aromatic N) is 2. The highest BCUT2D eigenvalue weighted by Crippen LogP contribution is 2.30. The van der Waals surface area contributed by atoms with Crippen LogP contribution >= 0.6 is 11.6 Å². The Bertz CT molecular complexity index is 822. The monoisotopic (exact) mass is 403 g/mol. The second-order valence-electron chi connectivity index (χ2n) is 6.71. The molecule has 1 aliphatic rings. The van der Waals surface area contributed by atoms with E-state index in [1.165, 1.54) is 0 Å². The highest BCUT2D eigenvalue weighted by Gasteiger charge is 2.23. The van der Waals surface area contributed by atoms with E-state index in [0.717, 1.165) is 29.4 Å². The number of benzene rings is 2. The summed E-state index contributed by atoms with van der Waals surface area (Å²) < 4.78 is 10.6. The first-order chi connectivity index (χ1) is 13.5. The number of amides is 2. The highest BCUT2D eigenvalue weighted by atomic mass is 35.5. The van der Waals surface area contributed by atoms with Gasteiger partial charge < -0.3 is 24.6 Å². The molecule has 3 rings (SSSR count). The molecule has 1 aliphatic heterocycles. The molecule has 0 bridgehead atoms. The molecule has 2 aromatic carbocycles. The Labute approximate surface area is 171 Å². The van der Waals surface area contributed by atoms with Crippen molar-refractivity contribution in [1.29, 1.82) is 0 Å². The van der Waals surface area contributed by atoms with Crippen molar-refractivity contribution in [3.63, 3.8) is 0 Å². The van der Waals surface area contributed by atoms with Gasteiger partial charge in [0.25, 0.3) is 0 Å². The third kappa shape index (κ3) is 4.44. The lowest BCUT2D eigenvalue weighted by Crippen LogP contribution is -2.52. The molecule has 2 amide bonds. The topological polar surface area (TPSA) is 54.0 Å². The van der Waals surface area contributed by atoms with Crippen molar-refractivity contribution in [3.8, 4) is 11.5 Å². The number of para-hydroxylation sites is 1. The molecular formula is C21H26ClN3O3. The molecule has 150 valence electrons. The first kappa shape index (κ1) is 20.1. The van der Waals surface area contributed by atoms with Gasteiger partial charge in [-0.3, -0.25) is 0 Å². The van der Waals surface area contributed by atoms with E-state index in [1.807, 2.05) is 54.3 Å². The van der Waals surface area contributed by atoms with Crippen LogP contribution in [0.4, 0.5) is 10.5 Å². The van der Waals surface area contributed by atoms with Crippen molar-refractivity contribution in [3.05, 3.63) is 53.1 Å². The Morgan fingerprint density at radius 2 is 1.71 bits per heavy atom. The molecule has 0 radical (unpaired) electrons. The van der Waals surface area contributed by atoms with Crippen molar-refractivity contribution >= 4 is 23.3 Å². The number of urea groups is 1. The minimum Gasteiger partial charge on any atom is -0.493 e. The Hall–Kier alpha value is -2.60. The fraction of sp³-hybridized carbons (Fsp3) is 0.381. The third-order valence-corrected chi connectivity index (χ3v) is 5.33. The van der Waals surface area contributed by atoms with Gasteiger partial charge in [0.2, 0.25) is 0 Å². The number of methoxy groups -OCH3 is 2. The summed E-state index contributed by atoms with van der Waals surface area (Å²) in [5.41, 5.74) is 1.98. The zero-order valence-electron chi connectivity index (χ0n) is 16.4. The van der Waals surface area contributed by atoms with Crippen LogP contribution in [0.25, 0.3) is 0 Å². The van der Waals surface area contributed by atoms with Crippen LogP contribution in [-0.2, 0) is 0 Å². The van der Waals surface area contributed by atoms with Gasteiger partial charge >= 0.3 is 6.03 Å². The Kier molecular flexibility index (Phi) is 6.52. The molecule has 1 fully saturated rings. The minimum absolute atomic E-state index is 0.0684. The van der Waals surface area contributed by atoms with Crippen molar-refractivity contribution in [2.24, 2.45) is 0 Å². The van der Waals surface area contributed by atoms with E-state index in [0.29, 0.717) is 24.6 Å². The zero-order valence-corrected chi connectivity index (χ0v) is 17.2. The molecule has 2 aromatic rings. The zero-order chi connectivity index (χ0) is 20.1. The molecule has 0 aromatic heterocycles. The van der Waals surface area contributed by atoms with Gasteiger partial charge in [0.1, 0.15) is 0 Å².